The number of likely N-dealkylation sites (tertiary alicyclic amines) is 1. The first-order valence-electron chi connectivity index (χ1n) is 9.98. The number of aromatic nitrogens is 5. The van der Waals surface area contributed by atoms with E-state index >= 15 is 0 Å². The highest BCUT2D eigenvalue weighted by molar-refractivity contribution is 6.11. The van der Waals surface area contributed by atoms with Gasteiger partial charge in [-0.1, -0.05) is 6.07 Å². The van der Waals surface area contributed by atoms with Gasteiger partial charge in [0, 0.05) is 42.3 Å². The van der Waals surface area contributed by atoms with Crippen LogP contribution in [0.2, 0.25) is 0 Å². The van der Waals surface area contributed by atoms with Crippen molar-refractivity contribution in [3.8, 4) is 11.1 Å². The quantitative estimate of drug-likeness (QED) is 0.534. The van der Waals surface area contributed by atoms with Crippen molar-refractivity contribution in [1.29, 1.82) is 0 Å². The number of hydrogen-bond donors (Lipinski definition) is 2. The van der Waals surface area contributed by atoms with Crippen molar-refractivity contribution >= 4 is 22.6 Å². The van der Waals surface area contributed by atoms with E-state index in [4.69, 9.17) is 0 Å². The summed E-state index contributed by atoms with van der Waals surface area (Å²) in [6, 6.07) is 8.10. The number of pyridine rings is 1. The first kappa shape index (κ1) is 18.4. The number of anilines is 1. The minimum atomic E-state index is -0.334. The molecular formula is C22H21N7O. The number of benzene rings is 1. The molecule has 1 aromatic carbocycles. The van der Waals surface area contributed by atoms with Gasteiger partial charge in [0.25, 0.3) is 5.91 Å². The highest BCUT2D eigenvalue weighted by atomic mass is 16.2. The van der Waals surface area contributed by atoms with Gasteiger partial charge in [-0.25, -0.2) is 4.98 Å². The van der Waals surface area contributed by atoms with Crippen molar-refractivity contribution in [2.45, 2.75) is 19.4 Å². The third-order valence-corrected chi connectivity index (χ3v) is 5.32. The van der Waals surface area contributed by atoms with Gasteiger partial charge in [-0.2, -0.15) is 5.10 Å². The summed E-state index contributed by atoms with van der Waals surface area (Å²) >= 11 is 0. The first-order valence-corrected chi connectivity index (χ1v) is 9.98. The fraction of sp³-hybridized carbons (Fsp3) is 0.227. The van der Waals surface area contributed by atoms with E-state index in [2.05, 4.69) is 41.4 Å². The molecule has 0 atom stereocenters. The molecule has 1 aliphatic heterocycles. The second-order valence-corrected chi connectivity index (χ2v) is 7.44. The second kappa shape index (κ2) is 8.00. The lowest BCUT2D eigenvalue weighted by atomic mass is 10.0. The summed E-state index contributed by atoms with van der Waals surface area (Å²) in [4.78, 5) is 27.6. The van der Waals surface area contributed by atoms with Crippen LogP contribution >= 0.6 is 0 Å². The summed E-state index contributed by atoms with van der Waals surface area (Å²) < 4.78 is 0. The topological polar surface area (TPSA) is 99.7 Å². The summed E-state index contributed by atoms with van der Waals surface area (Å²) in [6.07, 6.45) is 10.9. The monoisotopic (exact) mass is 399 g/mol. The number of carbonyl (C=O) groups excluding carboxylic acids is 1. The van der Waals surface area contributed by atoms with Gasteiger partial charge < -0.3 is 5.32 Å². The summed E-state index contributed by atoms with van der Waals surface area (Å²) in [6.45, 7) is 3.21. The predicted molar refractivity (Wildman–Crippen MR) is 114 cm³/mol. The molecule has 1 aliphatic rings. The average Bonchev–Trinajstić information content (AvgIpc) is 3.44. The van der Waals surface area contributed by atoms with E-state index in [1.54, 1.807) is 6.20 Å². The molecule has 1 amide bonds. The number of nitrogens with one attached hydrogen (secondary N) is 2. The molecule has 4 aromatic rings. The van der Waals surface area contributed by atoms with Gasteiger partial charge in [-0.05, 0) is 55.3 Å². The van der Waals surface area contributed by atoms with Crippen LogP contribution in [-0.2, 0) is 6.54 Å². The van der Waals surface area contributed by atoms with Crippen LogP contribution in [0.5, 0.6) is 0 Å². The molecular weight excluding hydrogens is 378 g/mol. The molecule has 3 aromatic heterocycles. The first-order chi connectivity index (χ1) is 14.8. The van der Waals surface area contributed by atoms with Crippen LogP contribution < -0.4 is 5.32 Å². The fourth-order valence-corrected chi connectivity index (χ4v) is 3.84. The maximum atomic E-state index is 12.7. The van der Waals surface area contributed by atoms with Crippen LogP contribution in [-0.4, -0.2) is 49.0 Å². The molecule has 0 saturated carbocycles. The Bertz CT molecular complexity index is 1180. The number of rotatable bonds is 5. The zero-order chi connectivity index (χ0) is 20.3. The number of carbonyl (C=O) groups is 1. The molecule has 5 rings (SSSR count). The largest absolute Gasteiger partial charge is 0.304 e. The average molecular weight is 399 g/mol. The number of aromatic amines is 1. The van der Waals surface area contributed by atoms with Gasteiger partial charge >= 0.3 is 0 Å². The molecule has 1 fully saturated rings. The summed E-state index contributed by atoms with van der Waals surface area (Å²) in [5.41, 5.74) is 4.33. The van der Waals surface area contributed by atoms with E-state index in [9.17, 15) is 4.79 Å². The Morgan fingerprint density at radius 2 is 1.93 bits per heavy atom. The standard InChI is InChI=1S/C22H21N7O/c30-22(26-20-13-23-5-6-25-20)21-18-10-16(3-4-19(18)27-28-21)17-9-15(11-24-12-17)14-29-7-1-2-8-29/h3-6,9-13H,1-2,7-8,14H2,(H,27,28)(H,25,26,30). The number of amides is 1. The minimum absolute atomic E-state index is 0.318. The number of hydrogen-bond acceptors (Lipinski definition) is 6. The van der Waals surface area contributed by atoms with Crippen molar-refractivity contribution in [3.05, 3.63) is 66.5 Å². The van der Waals surface area contributed by atoms with Gasteiger partial charge in [0.2, 0.25) is 0 Å². The lowest BCUT2D eigenvalue weighted by molar-refractivity contribution is 0.102. The van der Waals surface area contributed by atoms with Gasteiger partial charge in [-0.3, -0.25) is 24.8 Å². The van der Waals surface area contributed by atoms with Crippen molar-refractivity contribution in [2.24, 2.45) is 0 Å². The highest BCUT2D eigenvalue weighted by Gasteiger charge is 2.16. The Labute approximate surface area is 173 Å². The lowest BCUT2D eigenvalue weighted by Gasteiger charge is -2.14. The molecule has 0 radical (unpaired) electrons. The maximum Gasteiger partial charge on any atom is 0.277 e. The van der Waals surface area contributed by atoms with Crippen LogP contribution in [0.1, 0.15) is 28.9 Å². The lowest BCUT2D eigenvalue weighted by Crippen LogP contribution is -2.18. The molecule has 8 heteroatoms. The summed E-state index contributed by atoms with van der Waals surface area (Å²) in [5.74, 6) is 0.0495. The molecule has 0 spiro atoms. The molecule has 30 heavy (non-hydrogen) atoms. The Morgan fingerprint density at radius 3 is 2.77 bits per heavy atom. The van der Waals surface area contributed by atoms with Crippen molar-refractivity contribution < 1.29 is 4.79 Å². The third-order valence-electron chi connectivity index (χ3n) is 5.32. The van der Waals surface area contributed by atoms with Gasteiger partial charge in [0.05, 0.1) is 11.7 Å². The Morgan fingerprint density at radius 1 is 1.03 bits per heavy atom. The smallest absolute Gasteiger partial charge is 0.277 e. The summed E-state index contributed by atoms with van der Waals surface area (Å²) in [5, 5.41) is 10.6. The van der Waals surface area contributed by atoms with Crippen molar-refractivity contribution in [2.75, 3.05) is 18.4 Å². The molecule has 0 unspecified atom stereocenters. The van der Waals surface area contributed by atoms with Crippen LogP contribution in [0.25, 0.3) is 22.0 Å². The maximum absolute atomic E-state index is 12.7. The fourth-order valence-electron chi connectivity index (χ4n) is 3.84. The van der Waals surface area contributed by atoms with E-state index in [0.29, 0.717) is 11.5 Å². The highest BCUT2D eigenvalue weighted by Crippen LogP contribution is 2.26. The zero-order valence-electron chi connectivity index (χ0n) is 16.4. The normalized spacial score (nSPS) is 14.3. The summed E-state index contributed by atoms with van der Waals surface area (Å²) in [7, 11) is 0. The van der Waals surface area contributed by atoms with E-state index < -0.39 is 0 Å². The van der Waals surface area contributed by atoms with E-state index in [1.165, 1.54) is 30.8 Å². The van der Waals surface area contributed by atoms with Gasteiger partial charge in [-0.15, -0.1) is 0 Å². The van der Waals surface area contributed by atoms with Crippen LogP contribution in [0.15, 0.2) is 55.2 Å². The molecule has 0 aliphatic carbocycles. The SMILES string of the molecule is O=C(Nc1cnccn1)c1n[nH]c2ccc(-c3cncc(CN4CCCC4)c3)cc12. The van der Waals surface area contributed by atoms with Gasteiger partial charge in [0.15, 0.2) is 11.5 Å². The molecule has 2 N–H and O–H groups in total. The van der Waals surface area contributed by atoms with Crippen LogP contribution in [0.4, 0.5) is 5.82 Å². The molecule has 0 bridgehead atoms. The molecule has 1 saturated heterocycles. The van der Waals surface area contributed by atoms with Gasteiger partial charge in [0.1, 0.15) is 0 Å². The second-order valence-electron chi connectivity index (χ2n) is 7.44. The molecule has 8 nitrogen and oxygen atoms in total. The Hall–Kier alpha value is -3.65. The molecule has 150 valence electrons. The zero-order valence-corrected chi connectivity index (χ0v) is 16.4. The van der Waals surface area contributed by atoms with E-state index in [-0.39, 0.29) is 5.91 Å². The van der Waals surface area contributed by atoms with Crippen LogP contribution in [0.3, 0.4) is 0 Å². The number of fused-ring (bicyclic) bond motifs is 1. The van der Waals surface area contributed by atoms with E-state index in [0.717, 1.165) is 41.7 Å². The number of nitrogens with zero attached hydrogens (tertiary/aromatic N) is 5. The predicted octanol–water partition coefficient (Wildman–Crippen LogP) is 3.26. The third kappa shape index (κ3) is 3.77. The molecule has 4 heterocycles. The Balaban J connectivity index is 1.43. The van der Waals surface area contributed by atoms with E-state index in [1.807, 2.05) is 30.6 Å². The van der Waals surface area contributed by atoms with Crippen LogP contribution in [0, 0.1) is 0 Å². The Kier molecular flexibility index (Phi) is 4.90. The minimum Gasteiger partial charge on any atom is -0.304 e. The number of H-pyrrole nitrogens is 1. The van der Waals surface area contributed by atoms with Crippen molar-refractivity contribution in [1.82, 2.24) is 30.0 Å². The van der Waals surface area contributed by atoms with Crippen molar-refractivity contribution in [3.63, 3.8) is 0 Å².